The van der Waals surface area contributed by atoms with Gasteiger partial charge in [0.2, 0.25) is 0 Å². The molecule has 1 heterocycles. The molecule has 110 valence electrons. The average molecular weight is 279 g/mol. The van der Waals surface area contributed by atoms with E-state index in [4.69, 9.17) is 4.74 Å². The Morgan fingerprint density at radius 1 is 1.40 bits per heavy atom. The van der Waals surface area contributed by atoms with Crippen molar-refractivity contribution in [3.63, 3.8) is 0 Å². The lowest BCUT2D eigenvalue weighted by Crippen LogP contribution is -2.49. The molecule has 0 aromatic carbocycles. The maximum Gasteiger partial charge on any atom is 0.328 e. The summed E-state index contributed by atoms with van der Waals surface area (Å²) in [5.41, 5.74) is 0.751. The second kappa shape index (κ2) is 8.14. The molecule has 1 aromatic heterocycles. The standard InChI is InChI=1S/C14H21N3O3/c1-4-10(2)12(13(18)20-3)17-14(19)16-9-11-7-5-6-8-15-11/h5-8,10,12H,4,9H2,1-3H3,(H2,16,17,19)/t10-,12-/m0/s1. The van der Waals surface area contributed by atoms with Gasteiger partial charge in [0.25, 0.3) is 0 Å². The van der Waals surface area contributed by atoms with Crippen LogP contribution < -0.4 is 10.6 Å². The van der Waals surface area contributed by atoms with E-state index in [1.165, 1.54) is 7.11 Å². The van der Waals surface area contributed by atoms with Crippen LogP contribution in [0.25, 0.3) is 0 Å². The van der Waals surface area contributed by atoms with Gasteiger partial charge in [-0.3, -0.25) is 4.98 Å². The zero-order chi connectivity index (χ0) is 15.0. The molecule has 1 rings (SSSR count). The van der Waals surface area contributed by atoms with Gasteiger partial charge < -0.3 is 15.4 Å². The van der Waals surface area contributed by atoms with Gasteiger partial charge in [0.1, 0.15) is 6.04 Å². The van der Waals surface area contributed by atoms with Gasteiger partial charge >= 0.3 is 12.0 Å². The SMILES string of the molecule is CC[C@H](C)[C@H](NC(=O)NCc1ccccn1)C(=O)OC. The second-order valence-corrected chi connectivity index (χ2v) is 4.53. The van der Waals surface area contributed by atoms with Gasteiger partial charge in [-0.05, 0) is 18.1 Å². The van der Waals surface area contributed by atoms with Crippen LogP contribution >= 0.6 is 0 Å². The minimum Gasteiger partial charge on any atom is -0.467 e. The molecule has 2 atom stereocenters. The van der Waals surface area contributed by atoms with Gasteiger partial charge in [0, 0.05) is 6.20 Å². The first-order valence-electron chi connectivity index (χ1n) is 6.60. The number of hydrogen-bond donors (Lipinski definition) is 2. The minimum atomic E-state index is -0.645. The Morgan fingerprint density at radius 3 is 2.70 bits per heavy atom. The number of hydrogen-bond acceptors (Lipinski definition) is 4. The van der Waals surface area contributed by atoms with Crippen molar-refractivity contribution in [2.45, 2.75) is 32.9 Å². The zero-order valence-corrected chi connectivity index (χ0v) is 12.1. The predicted molar refractivity (Wildman–Crippen MR) is 74.9 cm³/mol. The number of methoxy groups -OCH3 is 1. The highest BCUT2D eigenvalue weighted by Gasteiger charge is 2.26. The number of ether oxygens (including phenoxy) is 1. The molecule has 0 saturated carbocycles. The summed E-state index contributed by atoms with van der Waals surface area (Å²) in [4.78, 5) is 27.6. The molecule has 6 nitrogen and oxygen atoms in total. The number of carbonyl (C=O) groups is 2. The van der Waals surface area contributed by atoms with E-state index in [9.17, 15) is 9.59 Å². The van der Waals surface area contributed by atoms with Crippen LogP contribution in [-0.2, 0) is 16.1 Å². The van der Waals surface area contributed by atoms with Gasteiger partial charge in [-0.25, -0.2) is 9.59 Å². The summed E-state index contributed by atoms with van der Waals surface area (Å²) in [6.07, 6.45) is 2.42. The number of amides is 2. The van der Waals surface area contributed by atoms with Crippen LogP contribution in [-0.4, -0.2) is 30.1 Å². The third-order valence-electron chi connectivity index (χ3n) is 3.11. The quantitative estimate of drug-likeness (QED) is 0.773. The molecule has 1 aromatic rings. The summed E-state index contributed by atoms with van der Waals surface area (Å²) < 4.78 is 4.71. The maximum absolute atomic E-state index is 11.8. The van der Waals surface area contributed by atoms with Crippen molar-refractivity contribution in [1.82, 2.24) is 15.6 Å². The molecule has 2 amide bonds. The number of nitrogens with one attached hydrogen (secondary N) is 2. The number of esters is 1. The molecule has 2 N–H and O–H groups in total. The van der Waals surface area contributed by atoms with Gasteiger partial charge in [-0.1, -0.05) is 26.3 Å². The number of carbonyl (C=O) groups excluding carboxylic acids is 2. The van der Waals surface area contributed by atoms with Crippen LogP contribution in [0.5, 0.6) is 0 Å². The van der Waals surface area contributed by atoms with Gasteiger partial charge in [-0.2, -0.15) is 0 Å². The summed E-state index contributed by atoms with van der Waals surface area (Å²) >= 11 is 0. The van der Waals surface area contributed by atoms with Crippen molar-refractivity contribution in [3.8, 4) is 0 Å². The Bertz CT molecular complexity index is 437. The number of aromatic nitrogens is 1. The van der Waals surface area contributed by atoms with E-state index in [2.05, 4.69) is 15.6 Å². The second-order valence-electron chi connectivity index (χ2n) is 4.53. The molecule has 0 aliphatic rings. The molecule has 6 heteroatoms. The Labute approximate surface area is 118 Å². The number of urea groups is 1. The van der Waals surface area contributed by atoms with Gasteiger partial charge in [-0.15, -0.1) is 0 Å². The third kappa shape index (κ3) is 4.87. The molecule has 0 unspecified atom stereocenters. The van der Waals surface area contributed by atoms with Crippen molar-refractivity contribution in [2.75, 3.05) is 7.11 Å². The molecular weight excluding hydrogens is 258 g/mol. The third-order valence-corrected chi connectivity index (χ3v) is 3.11. The minimum absolute atomic E-state index is 0.00282. The molecule has 0 bridgehead atoms. The Balaban J connectivity index is 2.51. The highest BCUT2D eigenvalue weighted by atomic mass is 16.5. The van der Waals surface area contributed by atoms with Crippen molar-refractivity contribution in [1.29, 1.82) is 0 Å². The lowest BCUT2D eigenvalue weighted by molar-refractivity contribution is -0.144. The molecule has 0 aliphatic heterocycles. The first-order valence-corrected chi connectivity index (χ1v) is 6.60. The van der Waals surface area contributed by atoms with Crippen LogP contribution in [0.4, 0.5) is 4.79 Å². The Kier molecular flexibility index (Phi) is 6.49. The van der Waals surface area contributed by atoms with Gasteiger partial charge in [0.05, 0.1) is 19.3 Å². The zero-order valence-electron chi connectivity index (χ0n) is 12.1. The Hall–Kier alpha value is -2.11. The summed E-state index contributed by atoms with van der Waals surface area (Å²) in [7, 11) is 1.31. The van der Waals surface area contributed by atoms with Crippen LogP contribution in [0.15, 0.2) is 24.4 Å². The van der Waals surface area contributed by atoms with Crippen molar-refractivity contribution >= 4 is 12.0 Å². The smallest absolute Gasteiger partial charge is 0.328 e. The van der Waals surface area contributed by atoms with Crippen LogP contribution in [0.1, 0.15) is 26.0 Å². The van der Waals surface area contributed by atoms with Crippen molar-refractivity contribution in [3.05, 3.63) is 30.1 Å². The first-order chi connectivity index (χ1) is 9.58. The topological polar surface area (TPSA) is 80.3 Å². The molecule has 0 fully saturated rings. The van der Waals surface area contributed by atoms with Crippen LogP contribution in [0, 0.1) is 5.92 Å². The van der Waals surface area contributed by atoms with E-state index in [-0.39, 0.29) is 5.92 Å². The van der Waals surface area contributed by atoms with E-state index < -0.39 is 18.0 Å². The lowest BCUT2D eigenvalue weighted by atomic mass is 9.99. The van der Waals surface area contributed by atoms with E-state index >= 15 is 0 Å². The molecule has 0 aliphatic carbocycles. The van der Waals surface area contributed by atoms with Crippen LogP contribution in [0.3, 0.4) is 0 Å². The molecule has 0 radical (unpaired) electrons. The van der Waals surface area contributed by atoms with E-state index in [1.54, 1.807) is 12.3 Å². The monoisotopic (exact) mass is 279 g/mol. The fourth-order valence-electron chi connectivity index (χ4n) is 1.66. The lowest BCUT2D eigenvalue weighted by Gasteiger charge is -2.21. The van der Waals surface area contributed by atoms with E-state index in [0.29, 0.717) is 6.54 Å². The maximum atomic E-state index is 11.8. The van der Waals surface area contributed by atoms with E-state index in [0.717, 1.165) is 12.1 Å². The molecular formula is C14H21N3O3. The summed E-state index contributed by atoms with van der Waals surface area (Å²) in [6.45, 7) is 4.15. The van der Waals surface area contributed by atoms with Crippen molar-refractivity contribution in [2.24, 2.45) is 5.92 Å². The summed E-state index contributed by atoms with van der Waals surface area (Å²) in [6, 6.07) is 4.41. The van der Waals surface area contributed by atoms with E-state index in [1.807, 2.05) is 26.0 Å². The molecule has 0 saturated heterocycles. The number of nitrogens with zero attached hydrogens (tertiary/aromatic N) is 1. The number of rotatable bonds is 6. The predicted octanol–water partition coefficient (Wildman–Crippen LogP) is 1.47. The highest BCUT2D eigenvalue weighted by Crippen LogP contribution is 2.09. The Morgan fingerprint density at radius 2 is 2.15 bits per heavy atom. The normalized spacial score (nSPS) is 13.2. The fourth-order valence-corrected chi connectivity index (χ4v) is 1.66. The van der Waals surface area contributed by atoms with Crippen LogP contribution in [0.2, 0.25) is 0 Å². The summed E-state index contributed by atoms with van der Waals surface area (Å²) in [5, 5.41) is 5.30. The molecule has 0 spiro atoms. The average Bonchev–Trinajstić information content (AvgIpc) is 2.50. The first kappa shape index (κ1) is 15.9. The van der Waals surface area contributed by atoms with Crippen molar-refractivity contribution < 1.29 is 14.3 Å². The molecule has 20 heavy (non-hydrogen) atoms. The van der Waals surface area contributed by atoms with Gasteiger partial charge in [0.15, 0.2) is 0 Å². The number of pyridine rings is 1. The largest absolute Gasteiger partial charge is 0.467 e. The fraction of sp³-hybridized carbons (Fsp3) is 0.500. The highest BCUT2D eigenvalue weighted by molar-refractivity contribution is 5.83. The summed E-state index contributed by atoms with van der Waals surface area (Å²) in [5.74, 6) is -0.435.